The SMILES string of the molecule is C=COC=C.CCCCCCCCCCCCO.O=P([O-])([O-])[O-].[K+].[K+].[K+]. The Bertz CT molecular complexity index is 267. The molecule has 0 saturated heterocycles. The van der Waals surface area contributed by atoms with Crippen LogP contribution in [0.3, 0.4) is 0 Å². The van der Waals surface area contributed by atoms with Crippen LogP contribution < -0.4 is 169 Å². The summed E-state index contributed by atoms with van der Waals surface area (Å²) >= 11 is 0. The van der Waals surface area contributed by atoms with E-state index in [0.717, 1.165) is 6.42 Å². The Labute approximate surface area is 287 Å². The molecule has 0 aromatic rings. The third-order valence-electron chi connectivity index (χ3n) is 2.70. The van der Waals surface area contributed by atoms with Gasteiger partial charge in [-0.3, -0.25) is 0 Å². The number of hydrogen-bond donors (Lipinski definition) is 1. The summed E-state index contributed by atoms with van der Waals surface area (Å²) in [7, 11) is -5.39. The van der Waals surface area contributed by atoms with Crippen molar-refractivity contribution < 1.29 is 183 Å². The fourth-order valence-electron chi connectivity index (χ4n) is 1.67. The van der Waals surface area contributed by atoms with E-state index in [0.29, 0.717) is 6.61 Å². The van der Waals surface area contributed by atoms with E-state index >= 15 is 0 Å². The summed E-state index contributed by atoms with van der Waals surface area (Å²) in [5.41, 5.74) is 0. The maximum atomic E-state index is 8.57. The predicted molar refractivity (Wildman–Crippen MR) is 88.0 cm³/mol. The molecule has 0 heterocycles. The zero-order valence-corrected chi connectivity index (χ0v) is 27.5. The second-order valence-electron chi connectivity index (χ2n) is 4.82. The minimum atomic E-state index is -5.39. The van der Waals surface area contributed by atoms with Crippen molar-refractivity contribution in [1.29, 1.82) is 0 Å². The molecule has 0 unspecified atom stereocenters. The Hall–Kier alpha value is 4.26. The molecule has 10 heteroatoms. The van der Waals surface area contributed by atoms with Gasteiger partial charge in [0.15, 0.2) is 0 Å². The zero-order chi connectivity index (χ0) is 18.4. The van der Waals surface area contributed by atoms with Crippen molar-refractivity contribution >= 4 is 7.82 Å². The van der Waals surface area contributed by atoms with Crippen molar-refractivity contribution in [2.24, 2.45) is 0 Å². The molecule has 0 aliphatic rings. The topological polar surface area (TPSA) is 116 Å². The van der Waals surface area contributed by atoms with Crippen LogP contribution in [0, 0.1) is 0 Å². The molecule has 1 N–H and O–H groups in total. The maximum Gasteiger partial charge on any atom is 1.00 e. The standard InChI is InChI=1S/C12H26O.C4H6O.3K.H3O4P/c1-2-3-4-5-6-7-8-9-10-11-12-13;1-3-5-4-2;;;;1-5(2,3)4/h13H,2-12H2,1H3;3-4H,1-2H2;;;;(H3,1,2,3,4)/q;;3*+1;/p-3. The average molecular weight is 469 g/mol. The summed E-state index contributed by atoms with van der Waals surface area (Å²) in [6.45, 7) is 9.14. The van der Waals surface area contributed by atoms with Gasteiger partial charge in [0, 0.05) is 6.61 Å². The third kappa shape index (κ3) is 79.4. The van der Waals surface area contributed by atoms with Gasteiger partial charge >= 0.3 is 154 Å². The number of unbranched alkanes of at least 4 members (excludes halogenated alkanes) is 9. The summed E-state index contributed by atoms with van der Waals surface area (Å²) in [5.74, 6) is 0. The van der Waals surface area contributed by atoms with Gasteiger partial charge in [0.05, 0.1) is 12.5 Å². The van der Waals surface area contributed by atoms with Crippen LogP contribution in [0.2, 0.25) is 0 Å². The fourth-order valence-corrected chi connectivity index (χ4v) is 1.67. The molecule has 0 fully saturated rings. The van der Waals surface area contributed by atoms with Gasteiger partial charge in [0.2, 0.25) is 0 Å². The van der Waals surface area contributed by atoms with Gasteiger partial charge in [-0.25, -0.2) is 0 Å². The molecule has 0 amide bonds. The van der Waals surface area contributed by atoms with E-state index in [4.69, 9.17) is 24.4 Å². The van der Waals surface area contributed by atoms with Crippen LogP contribution in [0.25, 0.3) is 0 Å². The maximum absolute atomic E-state index is 8.57. The first kappa shape index (κ1) is 44.0. The van der Waals surface area contributed by atoms with E-state index in [-0.39, 0.29) is 154 Å². The van der Waals surface area contributed by atoms with Crippen LogP contribution in [0.1, 0.15) is 71.1 Å². The normalized spacial score (nSPS) is 8.65. The summed E-state index contributed by atoms with van der Waals surface area (Å²) < 4.78 is 12.9. The van der Waals surface area contributed by atoms with Crippen LogP contribution in [0.4, 0.5) is 0 Å². The Morgan fingerprint density at radius 1 is 0.808 bits per heavy atom. The van der Waals surface area contributed by atoms with Crippen LogP contribution in [0.15, 0.2) is 25.7 Å². The van der Waals surface area contributed by atoms with Crippen LogP contribution >= 0.6 is 7.82 Å². The van der Waals surface area contributed by atoms with Gasteiger partial charge in [0.1, 0.15) is 0 Å². The summed E-state index contributed by atoms with van der Waals surface area (Å²) in [6.07, 6.45) is 15.9. The minimum absolute atomic E-state index is 0. The average Bonchev–Trinajstić information content (AvgIpc) is 2.45. The predicted octanol–water partition coefficient (Wildman–Crippen LogP) is -6.62. The van der Waals surface area contributed by atoms with Crippen molar-refractivity contribution in [3.8, 4) is 0 Å². The van der Waals surface area contributed by atoms with E-state index in [1.54, 1.807) is 0 Å². The smallest absolute Gasteiger partial charge is 0.822 e. The molecule has 0 aliphatic heterocycles. The van der Waals surface area contributed by atoms with Gasteiger partial charge in [0.25, 0.3) is 0 Å². The summed E-state index contributed by atoms with van der Waals surface area (Å²) in [5, 5.41) is 8.57. The Morgan fingerprint density at radius 3 is 1.27 bits per heavy atom. The number of aliphatic hydroxyl groups excluding tert-OH is 1. The molecule has 0 aliphatic carbocycles. The Morgan fingerprint density at radius 2 is 1.08 bits per heavy atom. The first-order chi connectivity index (χ1) is 10.8. The van der Waals surface area contributed by atoms with E-state index in [2.05, 4.69) is 24.8 Å². The molecular weight excluding hydrogens is 436 g/mol. The molecule has 0 radical (unpaired) electrons. The van der Waals surface area contributed by atoms with E-state index in [1.165, 1.54) is 70.3 Å². The van der Waals surface area contributed by atoms with Gasteiger partial charge < -0.3 is 29.1 Å². The Balaban J connectivity index is -0.0000000652. The zero-order valence-electron chi connectivity index (χ0n) is 17.3. The molecule has 140 valence electrons. The monoisotopic (exact) mass is 468 g/mol. The largest absolute Gasteiger partial charge is 1.00 e. The number of aliphatic hydroxyl groups is 1. The fraction of sp³-hybridized carbons (Fsp3) is 0.750. The van der Waals surface area contributed by atoms with Gasteiger partial charge in [-0.2, -0.15) is 7.82 Å². The third-order valence-corrected chi connectivity index (χ3v) is 2.70. The van der Waals surface area contributed by atoms with Crippen molar-refractivity contribution in [2.75, 3.05) is 6.61 Å². The molecule has 0 bridgehead atoms. The van der Waals surface area contributed by atoms with Gasteiger partial charge in [-0.05, 0) is 6.42 Å². The van der Waals surface area contributed by atoms with Crippen molar-refractivity contribution in [2.45, 2.75) is 71.1 Å². The van der Waals surface area contributed by atoms with Crippen molar-refractivity contribution in [3.05, 3.63) is 25.7 Å². The van der Waals surface area contributed by atoms with Gasteiger partial charge in [-0.15, -0.1) is 0 Å². The number of phosphoric acid groups is 1. The van der Waals surface area contributed by atoms with E-state index in [1.807, 2.05) is 0 Å². The first-order valence-corrected chi connectivity index (χ1v) is 9.50. The molecule has 0 aromatic heterocycles. The van der Waals surface area contributed by atoms with Crippen LogP contribution in [0.5, 0.6) is 0 Å². The molecule has 0 saturated carbocycles. The molecule has 0 atom stereocenters. The molecule has 26 heavy (non-hydrogen) atoms. The number of rotatable bonds is 12. The van der Waals surface area contributed by atoms with Gasteiger partial charge in [-0.1, -0.05) is 77.9 Å². The van der Waals surface area contributed by atoms with Crippen LogP contribution in [-0.2, 0) is 9.30 Å². The second kappa shape index (κ2) is 39.7. The van der Waals surface area contributed by atoms with E-state index in [9.17, 15) is 0 Å². The molecule has 0 aromatic carbocycles. The first-order valence-electron chi connectivity index (χ1n) is 8.04. The summed E-state index contributed by atoms with van der Waals surface area (Å²) in [6, 6.07) is 0. The molecular formula is C16H32K3O6P. The number of ether oxygens (including phenoxy) is 1. The van der Waals surface area contributed by atoms with Crippen molar-refractivity contribution in [3.63, 3.8) is 0 Å². The molecule has 0 spiro atoms. The summed E-state index contributed by atoms with van der Waals surface area (Å²) in [4.78, 5) is 25.6. The molecule has 6 nitrogen and oxygen atoms in total. The quantitative estimate of drug-likeness (QED) is 0.132. The van der Waals surface area contributed by atoms with E-state index < -0.39 is 7.82 Å². The minimum Gasteiger partial charge on any atom is -0.822 e. The Kier molecular flexibility index (Phi) is 67.2. The molecule has 0 rings (SSSR count). The van der Waals surface area contributed by atoms with Crippen molar-refractivity contribution in [1.82, 2.24) is 0 Å². The van der Waals surface area contributed by atoms with Crippen LogP contribution in [-0.4, -0.2) is 11.7 Å². The number of hydrogen-bond acceptors (Lipinski definition) is 6. The second-order valence-corrected chi connectivity index (χ2v) is 5.72.